The van der Waals surface area contributed by atoms with Gasteiger partial charge in [0, 0.05) is 24.3 Å². The quantitative estimate of drug-likeness (QED) is 0.733. The molecule has 1 heterocycles. The van der Waals surface area contributed by atoms with Gasteiger partial charge in [-0.05, 0) is 79.9 Å². The molecule has 164 valence electrons. The molecule has 0 bridgehead atoms. The maximum Gasteiger partial charge on any atom is 0.225 e. The van der Waals surface area contributed by atoms with Crippen LogP contribution in [0.15, 0.2) is 28.8 Å². The van der Waals surface area contributed by atoms with Gasteiger partial charge in [-0.15, -0.1) is 0 Å². The van der Waals surface area contributed by atoms with Crippen LogP contribution in [0.25, 0.3) is 0 Å². The number of rotatable bonds is 4. The number of carbonyl (C=O) groups is 2. The van der Waals surface area contributed by atoms with Crippen LogP contribution < -0.4 is 5.32 Å². The number of hydrogen-bond acceptors (Lipinski definition) is 4. The number of fused-ring (bicyclic) bond motifs is 5. The first kappa shape index (κ1) is 20.4. The zero-order valence-corrected chi connectivity index (χ0v) is 18.1. The molecular formula is C25H29FN2O3. The highest BCUT2D eigenvalue weighted by molar-refractivity contribution is 5.90. The van der Waals surface area contributed by atoms with Gasteiger partial charge < -0.3 is 9.84 Å². The summed E-state index contributed by atoms with van der Waals surface area (Å²) in [7, 11) is 0. The molecule has 0 radical (unpaired) electrons. The fraction of sp³-hybridized carbons (Fsp3) is 0.560. The van der Waals surface area contributed by atoms with Crippen molar-refractivity contribution in [1.82, 2.24) is 5.16 Å². The van der Waals surface area contributed by atoms with E-state index in [0.29, 0.717) is 48.5 Å². The fourth-order valence-electron chi connectivity index (χ4n) is 6.85. The van der Waals surface area contributed by atoms with Crippen LogP contribution in [0, 0.1) is 35.9 Å². The Bertz CT molecular complexity index is 1030. The third-order valence-electron chi connectivity index (χ3n) is 8.20. The summed E-state index contributed by atoms with van der Waals surface area (Å²) in [5.74, 6) is 2.39. The molecule has 5 atom stereocenters. The molecule has 0 spiro atoms. The maximum absolute atomic E-state index is 14.4. The summed E-state index contributed by atoms with van der Waals surface area (Å²) >= 11 is 0. The molecule has 0 aliphatic heterocycles. The number of nitrogens with zero attached hydrogens (tertiary/aromatic N) is 1. The Balaban J connectivity index is 1.34. The van der Waals surface area contributed by atoms with Crippen molar-refractivity contribution >= 4 is 17.5 Å². The predicted octanol–water partition coefficient (Wildman–Crippen LogP) is 5.19. The summed E-state index contributed by atoms with van der Waals surface area (Å²) in [5.41, 5.74) is 1.71. The molecule has 5 nitrogen and oxygen atoms in total. The van der Waals surface area contributed by atoms with Crippen molar-refractivity contribution in [3.8, 4) is 0 Å². The van der Waals surface area contributed by atoms with E-state index in [4.69, 9.17) is 4.52 Å². The van der Waals surface area contributed by atoms with Gasteiger partial charge in [0.05, 0.1) is 0 Å². The van der Waals surface area contributed by atoms with Gasteiger partial charge in [-0.3, -0.25) is 9.59 Å². The molecule has 3 aliphatic carbocycles. The van der Waals surface area contributed by atoms with Crippen LogP contribution in [-0.2, 0) is 16.0 Å². The number of ketones is 1. The molecule has 5 rings (SSSR count). The second-order valence-electron chi connectivity index (χ2n) is 9.90. The molecule has 0 saturated heterocycles. The molecule has 3 unspecified atom stereocenters. The SMILES string of the molecule is Cc1cc(NC(=O)CC[C@@H]2CC(=O)[C@@]3(C)CCC4c5cccc(F)c5CCC4C23)no1. The van der Waals surface area contributed by atoms with Crippen LogP contribution in [0.2, 0.25) is 0 Å². The van der Waals surface area contributed by atoms with Crippen molar-refractivity contribution in [1.29, 1.82) is 0 Å². The van der Waals surface area contributed by atoms with E-state index in [-0.39, 0.29) is 29.0 Å². The van der Waals surface area contributed by atoms with Gasteiger partial charge in [0.2, 0.25) is 5.91 Å². The molecule has 3 aliphatic rings. The topological polar surface area (TPSA) is 72.2 Å². The van der Waals surface area contributed by atoms with Crippen molar-refractivity contribution in [2.75, 3.05) is 5.32 Å². The van der Waals surface area contributed by atoms with E-state index in [1.165, 1.54) is 0 Å². The first-order valence-corrected chi connectivity index (χ1v) is 11.4. The lowest BCUT2D eigenvalue weighted by molar-refractivity contribution is -0.129. The average Bonchev–Trinajstić information content (AvgIpc) is 3.26. The highest BCUT2D eigenvalue weighted by Crippen LogP contribution is 2.62. The molecule has 1 aromatic carbocycles. The molecule has 31 heavy (non-hydrogen) atoms. The number of aromatic nitrogens is 1. The third kappa shape index (κ3) is 3.40. The molecule has 1 N–H and O–H groups in total. The number of Topliss-reactive ketones (excluding diaryl/α,β-unsaturated/α-hetero) is 1. The number of amides is 1. The number of carbonyl (C=O) groups excluding carboxylic acids is 2. The largest absolute Gasteiger partial charge is 0.360 e. The molecule has 2 saturated carbocycles. The Morgan fingerprint density at radius 3 is 2.97 bits per heavy atom. The summed E-state index contributed by atoms with van der Waals surface area (Å²) in [6.45, 7) is 3.91. The predicted molar refractivity (Wildman–Crippen MR) is 114 cm³/mol. The third-order valence-corrected chi connectivity index (χ3v) is 8.20. The molecule has 1 aromatic heterocycles. The average molecular weight is 425 g/mol. The van der Waals surface area contributed by atoms with Gasteiger partial charge in [-0.2, -0.15) is 0 Å². The number of nitrogens with one attached hydrogen (secondary N) is 1. The first-order valence-electron chi connectivity index (χ1n) is 11.4. The van der Waals surface area contributed by atoms with E-state index in [2.05, 4.69) is 23.5 Å². The summed E-state index contributed by atoms with van der Waals surface area (Å²) < 4.78 is 19.4. The van der Waals surface area contributed by atoms with Gasteiger partial charge >= 0.3 is 0 Å². The minimum Gasteiger partial charge on any atom is -0.360 e. The molecular weight excluding hydrogens is 395 g/mol. The Morgan fingerprint density at radius 1 is 1.35 bits per heavy atom. The van der Waals surface area contributed by atoms with Crippen LogP contribution in [0.5, 0.6) is 0 Å². The number of benzene rings is 1. The minimum atomic E-state index is -0.309. The van der Waals surface area contributed by atoms with Gasteiger partial charge in [0.15, 0.2) is 5.82 Å². The zero-order chi connectivity index (χ0) is 21.8. The standard InChI is InChI=1S/C25H29FN2O3/c1-14-12-22(28-31-14)27-23(30)9-6-15-13-21(29)25(2)11-10-17-16-4-3-5-20(26)18(16)7-8-19(17)24(15)25/h3-5,12,15,17,19,24H,6-11,13H2,1-2H3,(H,27,28,30)/t15-,17?,19?,24?,25-/m1/s1. The van der Waals surface area contributed by atoms with Crippen LogP contribution in [0.4, 0.5) is 10.2 Å². The molecule has 1 amide bonds. The van der Waals surface area contributed by atoms with Crippen molar-refractivity contribution in [2.45, 2.75) is 64.7 Å². The van der Waals surface area contributed by atoms with Crippen LogP contribution in [0.1, 0.15) is 68.3 Å². The van der Waals surface area contributed by atoms with Crippen molar-refractivity contribution in [2.24, 2.45) is 23.2 Å². The summed E-state index contributed by atoms with van der Waals surface area (Å²) in [6, 6.07) is 7.15. The van der Waals surface area contributed by atoms with E-state index < -0.39 is 0 Å². The lowest BCUT2D eigenvalue weighted by Gasteiger charge is -2.50. The van der Waals surface area contributed by atoms with E-state index >= 15 is 0 Å². The Labute approximate surface area is 181 Å². The Morgan fingerprint density at radius 2 is 2.19 bits per heavy atom. The normalized spacial score (nSPS) is 31.6. The van der Waals surface area contributed by atoms with Crippen molar-refractivity contribution < 1.29 is 18.5 Å². The van der Waals surface area contributed by atoms with E-state index in [1.54, 1.807) is 19.1 Å². The highest BCUT2D eigenvalue weighted by Gasteiger charge is 2.58. The zero-order valence-electron chi connectivity index (χ0n) is 18.1. The molecule has 2 fully saturated rings. The summed E-state index contributed by atoms with van der Waals surface area (Å²) in [5, 5.41) is 6.60. The van der Waals surface area contributed by atoms with Crippen LogP contribution in [-0.4, -0.2) is 16.8 Å². The first-order chi connectivity index (χ1) is 14.9. The highest BCUT2D eigenvalue weighted by atomic mass is 19.1. The second-order valence-corrected chi connectivity index (χ2v) is 9.90. The second kappa shape index (κ2) is 7.57. The van der Waals surface area contributed by atoms with E-state index in [9.17, 15) is 14.0 Å². The van der Waals surface area contributed by atoms with Crippen molar-refractivity contribution in [3.63, 3.8) is 0 Å². The van der Waals surface area contributed by atoms with Crippen LogP contribution >= 0.6 is 0 Å². The maximum atomic E-state index is 14.4. The number of aryl methyl sites for hydroxylation is 1. The number of anilines is 1. The Hall–Kier alpha value is -2.50. The molecule has 6 heteroatoms. The smallest absolute Gasteiger partial charge is 0.225 e. The number of hydrogen-bond donors (Lipinski definition) is 1. The van der Waals surface area contributed by atoms with Gasteiger partial charge in [-0.1, -0.05) is 24.2 Å². The number of halogens is 1. The van der Waals surface area contributed by atoms with Gasteiger partial charge in [0.1, 0.15) is 17.4 Å². The van der Waals surface area contributed by atoms with Crippen molar-refractivity contribution in [3.05, 3.63) is 47.0 Å². The van der Waals surface area contributed by atoms with E-state index in [1.807, 2.05) is 6.07 Å². The van der Waals surface area contributed by atoms with Gasteiger partial charge in [-0.25, -0.2) is 4.39 Å². The lowest BCUT2D eigenvalue weighted by atomic mass is 9.54. The monoisotopic (exact) mass is 424 g/mol. The van der Waals surface area contributed by atoms with Gasteiger partial charge in [0.25, 0.3) is 0 Å². The summed E-state index contributed by atoms with van der Waals surface area (Å²) in [6.07, 6.45) is 5.06. The van der Waals surface area contributed by atoms with Crippen LogP contribution in [0.3, 0.4) is 0 Å². The summed E-state index contributed by atoms with van der Waals surface area (Å²) in [4.78, 5) is 25.5. The minimum absolute atomic E-state index is 0.0944. The molecule has 2 aromatic rings. The lowest BCUT2D eigenvalue weighted by Crippen LogP contribution is -2.44. The Kier molecular flexibility index (Phi) is 4.98. The van der Waals surface area contributed by atoms with E-state index in [0.717, 1.165) is 36.8 Å². The fourth-order valence-corrected chi connectivity index (χ4v) is 6.85.